The topological polar surface area (TPSA) is 55.1 Å². The summed E-state index contributed by atoms with van der Waals surface area (Å²) in [6.07, 6.45) is 1.86. The summed E-state index contributed by atoms with van der Waals surface area (Å²) in [5.41, 5.74) is 6.77. The maximum atomic E-state index is 11.7. The van der Waals surface area contributed by atoms with Gasteiger partial charge in [-0.15, -0.1) is 0 Å². The molecule has 0 aliphatic carbocycles. The third-order valence-electron chi connectivity index (χ3n) is 2.42. The van der Waals surface area contributed by atoms with Crippen LogP contribution in [-0.4, -0.2) is 5.91 Å². The first-order chi connectivity index (χ1) is 7.54. The van der Waals surface area contributed by atoms with Gasteiger partial charge >= 0.3 is 0 Å². The number of nitrogens with one attached hydrogen (secondary N) is 1. The molecule has 0 unspecified atom stereocenters. The Morgan fingerprint density at radius 2 is 2.25 bits per heavy atom. The van der Waals surface area contributed by atoms with E-state index in [1.165, 1.54) is 0 Å². The van der Waals surface area contributed by atoms with Crippen molar-refractivity contribution in [3.05, 3.63) is 23.2 Å². The zero-order valence-electron chi connectivity index (χ0n) is 9.59. The molecule has 4 heteroatoms. The number of rotatable bonds is 4. The van der Waals surface area contributed by atoms with Crippen LogP contribution in [0.5, 0.6) is 0 Å². The second-order valence-electron chi connectivity index (χ2n) is 3.92. The zero-order valence-corrected chi connectivity index (χ0v) is 10.3. The number of anilines is 2. The van der Waals surface area contributed by atoms with Crippen LogP contribution in [0.1, 0.15) is 26.7 Å². The Bertz CT molecular complexity index is 379. The number of carbonyl (C=O) groups is 1. The molecule has 1 rings (SSSR count). The number of nitrogen functional groups attached to an aromatic ring is 1. The zero-order chi connectivity index (χ0) is 12.1. The van der Waals surface area contributed by atoms with Gasteiger partial charge in [0.1, 0.15) is 0 Å². The second-order valence-corrected chi connectivity index (χ2v) is 4.33. The number of benzene rings is 1. The summed E-state index contributed by atoms with van der Waals surface area (Å²) < 4.78 is 0. The molecule has 0 fully saturated rings. The van der Waals surface area contributed by atoms with E-state index in [2.05, 4.69) is 12.2 Å². The first-order valence-electron chi connectivity index (χ1n) is 5.40. The molecule has 0 aromatic heterocycles. The van der Waals surface area contributed by atoms with Gasteiger partial charge in [-0.25, -0.2) is 0 Å². The lowest BCUT2D eigenvalue weighted by Gasteiger charge is -2.12. The van der Waals surface area contributed by atoms with Gasteiger partial charge < -0.3 is 11.1 Å². The summed E-state index contributed by atoms with van der Waals surface area (Å²) in [7, 11) is 0. The molecular formula is C12H17ClN2O. The standard InChI is InChI=1S/C12H17ClN2O/c1-3-4-8(2)12(16)15-11-6-5-9(14)7-10(11)13/h5-8H,3-4,14H2,1-2H3,(H,15,16)/t8-/m1/s1. The fraction of sp³-hybridized carbons (Fsp3) is 0.417. The molecule has 0 aliphatic rings. The minimum absolute atomic E-state index is 0.00128. The van der Waals surface area contributed by atoms with Crippen molar-refractivity contribution in [3.8, 4) is 0 Å². The number of halogens is 1. The molecule has 1 amide bonds. The Balaban J connectivity index is 2.69. The minimum Gasteiger partial charge on any atom is -0.399 e. The van der Waals surface area contributed by atoms with Gasteiger partial charge in [-0.05, 0) is 24.6 Å². The molecule has 1 aromatic carbocycles. The predicted octanol–water partition coefficient (Wildman–Crippen LogP) is 3.30. The van der Waals surface area contributed by atoms with Crippen molar-refractivity contribution in [2.24, 2.45) is 5.92 Å². The van der Waals surface area contributed by atoms with Gasteiger partial charge in [0.15, 0.2) is 0 Å². The Morgan fingerprint density at radius 1 is 1.56 bits per heavy atom. The van der Waals surface area contributed by atoms with Crippen molar-refractivity contribution >= 4 is 28.9 Å². The molecule has 0 saturated heterocycles. The molecular weight excluding hydrogens is 224 g/mol. The number of carbonyl (C=O) groups excluding carboxylic acids is 1. The van der Waals surface area contributed by atoms with Gasteiger partial charge in [0.25, 0.3) is 0 Å². The van der Waals surface area contributed by atoms with Crippen molar-refractivity contribution in [1.29, 1.82) is 0 Å². The van der Waals surface area contributed by atoms with E-state index < -0.39 is 0 Å². The third kappa shape index (κ3) is 3.42. The van der Waals surface area contributed by atoms with Gasteiger partial charge in [0.2, 0.25) is 5.91 Å². The van der Waals surface area contributed by atoms with Crippen molar-refractivity contribution < 1.29 is 4.79 Å². The summed E-state index contributed by atoms with van der Waals surface area (Å²) in [6.45, 7) is 3.96. The van der Waals surface area contributed by atoms with Crippen LogP contribution < -0.4 is 11.1 Å². The lowest BCUT2D eigenvalue weighted by atomic mass is 10.1. The molecule has 0 heterocycles. The fourth-order valence-corrected chi connectivity index (χ4v) is 1.69. The Labute approximate surface area is 101 Å². The molecule has 1 aromatic rings. The van der Waals surface area contributed by atoms with E-state index in [0.29, 0.717) is 16.4 Å². The highest BCUT2D eigenvalue weighted by Gasteiger charge is 2.13. The van der Waals surface area contributed by atoms with Crippen LogP contribution >= 0.6 is 11.6 Å². The molecule has 1 atom stereocenters. The van der Waals surface area contributed by atoms with E-state index in [-0.39, 0.29) is 11.8 Å². The Hall–Kier alpha value is -1.22. The maximum absolute atomic E-state index is 11.7. The average molecular weight is 241 g/mol. The molecule has 0 bridgehead atoms. The van der Waals surface area contributed by atoms with Crippen molar-refractivity contribution in [2.75, 3.05) is 11.1 Å². The van der Waals surface area contributed by atoms with Crippen LogP contribution in [0.2, 0.25) is 5.02 Å². The van der Waals surface area contributed by atoms with E-state index in [0.717, 1.165) is 12.8 Å². The van der Waals surface area contributed by atoms with Crippen LogP contribution in [0.3, 0.4) is 0 Å². The molecule has 0 aliphatic heterocycles. The first kappa shape index (κ1) is 12.8. The smallest absolute Gasteiger partial charge is 0.227 e. The molecule has 16 heavy (non-hydrogen) atoms. The van der Waals surface area contributed by atoms with Gasteiger partial charge in [-0.1, -0.05) is 31.9 Å². The highest BCUT2D eigenvalue weighted by atomic mass is 35.5. The average Bonchev–Trinajstić information content (AvgIpc) is 2.22. The number of amides is 1. The highest BCUT2D eigenvalue weighted by Crippen LogP contribution is 2.24. The molecule has 3 nitrogen and oxygen atoms in total. The highest BCUT2D eigenvalue weighted by molar-refractivity contribution is 6.34. The number of hydrogen-bond acceptors (Lipinski definition) is 2. The Kier molecular flexibility index (Phi) is 4.62. The van der Waals surface area contributed by atoms with Crippen LogP contribution in [0.25, 0.3) is 0 Å². The van der Waals surface area contributed by atoms with E-state index in [9.17, 15) is 4.79 Å². The van der Waals surface area contributed by atoms with Crippen LogP contribution in [0.15, 0.2) is 18.2 Å². The normalized spacial score (nSPS) is 12.2. The quantitative estimate of drug-likeness (QED) is 0.794. The number of nitrogens with two attached hydrogens (primary N) is 1. The summed E-state index contributed by atoms with van der Waals surface area (Å²) >= 11 is 5.96. The van der Waals surface area contributed by atoms with Crippen LogP contribution in [0.4, 0.5) is 11.4 Å². The van der Waals surface area contributed by atoms with Gasteiger partial charge in [-0.3, -0.25) is 4.79 Å². The lowest BCUT2D eigenvalue weighted by Crippen LogP contribution is -2.20. The van der Waals surface area contributed by atoms with Crippen LogP contribution in [-0.2, 0) is 4.79 Å². The van der Waals surface area contributed by atoms with Gasteiger partial charge in [0.05, 0.1) is 10.7 Å². The fourth-order valence-electron chi connectivity index (χ4n) is 1.45. The summed E-state index contributed by atoms with van der Waals surface area (Å²) in [6, 6.07) is 5.06. The maximum Gasteiger partial charge on any atom is 0.227 e. The van der Waals surface area contributed by atoms with Crippen molar-refractivity contribution in [1.82, 2.24) is 0 Å². The largest absolute Gasteiger partial charge is 0.399 e. The van der Waals surface area contributed by atoms with Crippen LogP contribution in [0, 0.1) is 5.92 Å². The molecule has 3 N–H and O–H groups in total. The SMILES string of the molecule is CCC[C@@H](C)C(=O)Nc1ccc(N)cc1Cl. The predicted molar refractivity (Wildman–Crippen MR) is 68.6 cm³/mol. The van der Waals surface area contributed by atoms with E-state index in [1.807, 2.05) is 6.92 Å². The molecule has 0 spiro atoms. The van der Waals surface area contributed by atoms with Gasteiger partial charge in [-0.2, -0.15) is 0 Å². The molecule has 88 valence electrons. The minimum atomic E-state index is -0.00600. The van der Waals surface area contributed by atoms with Crippen molar-refractivity contribution in [2.45, 2.75) is 26.7 Å². The first-order valence-corrected chi connectivity index (χ1v) is 5.78. The number of hydrogen-bond donors (Lipinski definition) is 2. The molecule has 0 saturated carbocycles. The van der Waals surface area contributed by atoms with E-state index in [4.69, 9.17) is 17.3 Å². The lowest BCUT2D eigenvalue weighted by molar-refractivity contribution is -0.119. The van der Waals surface area contributed by atoms with Gasteiger partial charge in [0, 0.05) is 11.6 Å². The summed E-state index contributed by atoms with van der Waals surface area (Å²) in [4.78, 5) is 11.7. The van der Waals surface area contributed by atoms with E-state index >= 15 is 0 Å². The Morgan fingerprint density at radius 3 is 2.81 bits per heavy atom. The monoisotopic (exact) mass is 240 g/mol. The molecule has 0 radical (unpaired) electrons. The second kappa shape index (κ2) is 5.75. The summed E-state index contributed by atoms with van der Waals surface area (Å²) in [5.74, 6) is -0.00728. The third-order valence-corrected chi connectivity index (χ3v) is 2.73. The summed E-state index contributed by atoms with van der Waals surface area (Å²) in [5, 5.41) is 3.27. The van der Waals surface area contributed by atoms with Crippen molar-refractivity contribution in [3.63, 3.8) is 0 Å². The van der Waals surface area contributed by atoms with E-state index in [1.54, 1.807) is 18.2 Å².